The van der Waals surface area contributed by atoms with Crippen molar-refractivity contribution in [2.45, 2.75) is 50.8 Å². The van der Waals surface area contributed by atoms with Crippen LogP contribution >= 0.6 is 0 Å². The fourth-order valence-corrected chi connectivity index (χ4v) is 4.86. The van der Waals surface area contributed by atoms with Crippen LogP contribution in [-0.2, 0) is 14.3 Å². The number of nitrogens with zero attached hydrogens (tertiary/aromatic N) is 3. The normalized spacial score (nSPS) is 18.8. The Hall–Kier alpha value is -3.55. The topological polar surface area (TPSA) is 90.4 Å². The summed E-state index contributed by atoms with van der Waals surface area (Å²) in [5.74, 6) is -0.666. The maximum atomic E-state index is 14.1. The van der Waals surface area contributed by atoms with E-state index >= 15 is 0 Å². The Labute approximate surface area is 199 Å². The Kier molecular flexibility index (Phi) is 6.25. The van der Waals surface area contributed by atoms with Crippen molar-refractivity contribution < 1.29 is 24.2 Å². The van der Waals surface area contributed by atoms with Gasteiger partial charge in [0.05, 0.1) is 6.67 Å². The summed E-state index contributed by atoms with van der Waals surface area (Å²) in [5, 5.41) is 9.44. The second kappa shape index (κ2) is 9.00. The van der Waals surface area contributed by atoms with E-state index in [0.717, 1.165) is 5.69 Å². The van der Waals surface area contributed by atoms with Crippen molar-refractivity contribution in [2.75, 3.05) is 24.7 Å². The highest BCUT2D eigenvalue weighted by molar-refractivity contribution is 5.97. The van der Waals surface area contributed by atoms with Gasteiger partial charge in [0.15, 0.2) is 6.04 Å². The molecule has 0 bridgehead atoms. The predicted octanol–water partition coefficient (Wildman–Crippen LogP) is 3.89. The Morgan fingerprint density at radius 2 is 1.53 bits per heavy atom. The maximum absolute atomic E-state index is 14.1. The van der Waals surface area contributed by atoms with Crippen molar-refractivity contribution in [3.8, 4) is 0 Å². The van der Waals surface area contributed by atoms with Crippen molar-refractivity contribution in [1.29, 1.82) is 0 Å². The highest BCUT2D eigenvalue weighted by Gasteiger charge is 2.57. The molecule has 2 heterocycles. The molecule has 4 rings (SSSR count). The monoisotopic (exact) mass is 465 g/mol. The second-order valence-electron chi connectivity index (χ2n) is 9.83. The molecule has 0 radical (unpaired) electrons. The number of ether oxygens (including phenoxy) is 1. The summed E-state index contributed by atoms with van der Waals surface area (Å²) in [4.78, 5) is 44.0. The molecule has 0 saturated carbocycles. The van der Waals surface area contributed by atoms with Crippen LogP contribution in [0.15, 0.2) is 60.7 Å². The highest BCUT2D eigenvalue weighted by atomic mass is 16.6. The van der Waals surface area contributed by atoms with Crippen LogP contribution in [-0.4, -0.2) is 63.8 Å². The van der Waals surface area contributed by atoms with Gasteiger partial charge in [-0.1, -0.05) is 48.5 Å². The van der Waals surface area contributed by atoms with Crippen molar-refractivity contribution in [3.05, 3.63) is 66.2 Å². The van der Waals surface area contributed by atoms with Crippen molar-refractivity contribution in [1.82, 2.24) is 9.80 Å². The van der Waals surface area contributed by atoms with E-state index in [0.29, 0.717) is 18.4 Å². The summed E-state index contributed by atoms with van der Waals surface area (Å²) in [6.07, 6.45) is -0.294. The molecule has 34 heavy (non-hydrogen) atoms. The number of esters is 1. The van der Waals surface area contributed by atoms with E-state index in [4.69, 9.17) is 4.74 Å². The zero-order valence-electron chi connectivity index (χ0n) is 19.8. The number of anilines is 1. The van der Waals surface area contributed by atoms with Crippen LogP contribution in [0.25, 0.3) is 0 Å². The lowest BCUT2D eigenvalue weighted by Crippen LogP contribution is -2.57. The number of piperidine rings is 1. The lowest BCUT2D eigenvalue weighted by atomic mass is 9.85. The molecule has 2 saturated heterocycles. The van der Waals surface area contributed by atoms with E-state index in [9.17, 15) is 19.5 Å². The molecule has 0 aliphatic carbocycles. The summed E-state index contributed by atoms with van der Waals surface area (Å²) in [6.45, 7) is 6.12. The number of hydrogen-bond donors (Lipinski definition) is 1. The van der Waals surface area contributed by atoms with E-state index in [-0.39, 0.29) is 25.7 Å². The first kappa shape index (κ1) is 23.6. The molecule has 2 fully saturated rings. The van der Waals surface area contributed by atoms with Gasteiger partial charge in [-0.2, -0.15) is 0 Å². The van der Waals surface area contributed by atoms with Crippen LogP contribution in [0.4, 0.5) is 10.5 Å². The SMILES string of the molecule is CC(C)(C)OC(=O)C(c1ccccc1)N1CN(c2ccccc2)C2(CCN(C(=O)O)CC2)C1=O. The number of likely N-dealkylation sites (tertiary alicyclic amines) is 1. The lowest BCUT2D eigenvalue weighted by Gasteiger charge is -2.42. The van der Waals surface area contributed by atoms with E-state index in [1.54, 1.807) is 25.7 Å². The Morgan fingerprint density at radius 3 is 2.06 bits per heavy atom. The first-order valence-electron chi connectivity index (χ1n) is 11.5. The zero-order chi connectivity index (χ0) is 24.5. The zero-order valence-corrected chi connectivity index (χ0v) is 19.8. The molecule has 8 heteroatoms. The Balaban J connectivity index is 1.75. The molecule has 0 aromatic heterocycles. The van der Waals surface area contributed by atoms with Crippen LogP contribution in [0.1, 0.15) is 45.2 Å². The minimum Gasteiger partial charge on any atom is -0.465 e. The number of rotatable bonds is 4. The molecule has 1 unspecified atom stereocenters. The molecule has 2 aromatic rings. The number of carboxylic acid groups (broad SMARTS) is 1. The van der Waals surface area contributed by atoms with E-state index in [1.807, 2.05) is 65.6 Å². The smallest absolute Gasteiger partial charge is 0.407 e. The van der Waals surface area contributed by atoms with E-state index in [2.05, 4.69) is 0 Å². The second-order valence-corrected chi connectivity index (χ2v) is 9.83. The Morgan fingerprint density at radius 1 is 0.971 bits per heavy atom. The third kappa shape index (κ3) is 4.44. The van der Waals surface area contributed by atoms with Gasteiger partial charge >= 0.3 is 12.1 Å². The van der Waals surface area contributed by atoms with Crippen molar-refractivity contribution in [3.63, 3.8) is 0 Å². The van der Waals surface area contributed by atoms with Gasteiger partial charge in [0.2, 0.25) is 0 Å². The molecule has 2 aliphatic heterocycles. The molecule has 1 N–H and O–H groups in total. The number of hydrogen-bond acceptors (Lipinski definition) is 5. The summed E-state index contributed by atoms with van der Waals surface area (Å²) in [7, 11) is 0. The van der Waals surface area contributed by atoms with Gasteiger partial charge in [0.25, 0.3) is 5.91 Å². The predicted molar refractivity (Wildman–Crippen MR) is 127 cm³/mol. The molecule has 1 spiro atoms. The molecule has 2 aliphatic rings. The van der Waals surface area contributed by atoms with Gasteiger partial charge < -0.3 is 24.5 Å². The first-order chi connectivity index (χ1) is 16.1. The molecule has 2 amide bonds. The number of carbonyl (C=O) groups excluding carboxylic acids is 2. The van der Waals surface area contributed by atoms with Gasteiger partial charge in [0, 0.05) is 18.8 Å². The van der Waals surface area contributed by atoms with Gasteiger partial charge in [-0.05, 0) is 51.3 Å². The van der Waals surface area contributed by atoms with Gasteiger partial charge in [-0.15, -0.1) is 0 Å². The molecule has 2 aromatic carbocycles. The Bertz CT molecular complexity index is 1040. The van der Waals surface area contributed by atoms with Gasteiger partial charge in [0.1, 0.15) is 11.1 Å². The van der Waals surface area contributed by atoms with Crippen LogP contribution in [0.3, 0.4) is 0 Å². The quantitative estimate of drug-likeness (QED) is 0.689. The maximum Gasteiger partial charge on any atom is 0.407 e. The van der Waals surface area contributed by atoms with Crippen LogP contribution < -0.4 is 4.90 Å². The lowest BCUT2D eigenvalue weighted by molar-refractivity contribution is -0.164. The van der Waals surface area contributed by atoms with E-state index in [1.165, 1.54) is 4.90 Å². The minimum atomic E-state index is -0.987. The van der Waals surface area contributed by atoms with E-state index < -0.39 is 29.2 Å². The van der Waals surface area contributed by atoms with Gasteiger partial charge in [-0.3, -0.25) is 4.79 Å². The number of amides is 2. The van der Waals surface area contributed by atoms with Crippen LogP contribution in [0, 0.1) is 0 Å². The first-order valence-corrected chi connectivity index (χ1v) is 11.5. The standard InChI is InChI=1S/C26H31N3O5/c1-25(2,3)34-22(30)21(19-10-6-4-7-11-19)28-18-29(20-12-8-5-9-13-20)26(23(28)31)14-16-27(17-15-26)24(32)33/h4-13,21H,14-18H2,1-3H3,(H,32,33). The fourth-order valence-electron chi connectivity index (χ4n) is 4.86. The van der Waals surface area contributed by atoms with Crippen LogP contribution in [0.5, 0.6) is 0 Å². The molecular formula is C26H31N3O5. The summed E-state index contributed by atoms with van der Waals surface area (Å²) < 4.78 is 5.74. The molecular weight excluding hydrogens is 434 g/mol. The average molecular weight is 466 g/mol. The third-order valence-electron chi connectivity index (χ3n) is 6.46. The molecule has 180 valence electrons. The van der Waals surface area contributed by atoms with Gasteiger partial charge in [-0.25, -0.2) is 9.59 Å². The molecule has 1 atom stereocenters. The van der Waals surface area contributed by atoms with Crippen molar-refractivity contribution >= 4 is 23.7 Å². The largest absolute Gasteiger partial charge is 0.465 e. The number of carbonyl (C=O) groups is 3. The summed E-state index contributed by atoms with van der Waals surface area (Å²) >= 11 is 0. The third-order valence-corrected chi connectivity index (χ3v) is 6.46. The number of benzene rings is 2. The van der Waals surface area contributed by atoms with Crippen LogP contribution in [0.2, 0.25) is 0 Å². The molecule has 8 nitrogen and oxygen atoms in total. The minimum absolute atomic E-state index is 0.180. The van der Waals surface area contributed by atoms with Crippen molar-refractivity contribution in [2.24, 2.45) is 0 Å². The average Bonchev–Trinajstić information content (AvgIpc) is 3.06. The number of para-hydroxylation sites is 1. The summed E-state index contributed by atoms with van der Waals surface area (Å²) in [5.41, 5.74) is -0.102. The summed E-state index contributed by atoms with van der Waals surface area (Å²) in [6, 6.07) is 17.9. The highest BCUT2D eigenvalue weighted by Crippen LogP contribution is 2.43. The fraction of sp³-hybridized carbons (Fsp3) is 0.423.